The fraction of sp³-hybridized carbons (Fsp3) is 0.200. The van der Waals surface area contributed by atoms with Crippen molar-refractivity contribution in [2.24, 2.45) is 0 Å². The quantitative estimate of drug-likeness (QED) is 0.280. The number of hydrogen-bond donors (Lipinski definition) is 1. The Morgan fingerprint density at radius 3 is 1.92 bits per heavy atom. The number of rotatable bonds is 4. The third-order valence-corrected chi connectivity index (χ3v) is 8.67. The van der Waals surface area contributed by atoms with Gasteiger partial charge in [-0.3, -0.25) is 0 Å². The molecule has 0 spiro atoms. The van der Waals surface area contributed by atoms with Crippen LogP contribution in [0.2, 0.25) is 0 Å². The van der Waals surface area contributed by atoms with Gasteiger partial charge in [0.1, 0.15) is 18.0 Å². The molecule has 0 fully saturated rings. The van der Waals surface area contributed by atoms with E-state index in [1.165, 1.54) is 11.1 Å². The maximum atomic E-state index is 12.2. The van der Waals surface area contributed by atoms with Crippen LogP contribution in [0.4, 0.5) is 0 Å². The summed E-state index contributed by atoms with van der Waals surface area (Å²) in [7, 11) is 3.30. The first-order chi connectivity index (χ1) is 19.0. The van der Waals surface area contributed by atoms with Gasteiger partial charge in [-0.05, 0) is 58.7 Å². The topological polar surface area (TPSA) is 47.9 Å². The molecule has 0 radical (unpaired) electrons. The van der Waals surface area contributed by atoms with E-state index in [2.05, 4.69) is 54.6 Å². The normalized spacial score (nSPS) is 18.6. The van der Waals surface area contributed by atoms with Crippen molar-refractivity contribution in [3.8, 4) is 28.4 Å². The monoisotopic (exact) mass is 514 g/mol. The Balaban J connectivity index is 1.59. The lowest BCUT2D eigenvalue weighted by Crippen LogP contribution is -2.41. The van der Waals surface area contributed by atoms with Gasteiger partial charge in [0.15, 0.2) is 11.5 Å². The van der Waals surface area contributed by atoms with Crippen molar-refractivity contribution < 1.29 is 19.3 Å². The lowest BCUT2D eigenvalue weighted by molar-refractivity contribution is 0.104. The molecule has 1 atom stereocenters. The highest BCUT2D eigenvalue weighted by atomic mass is 16.5. The number of aliphatic hydroxyl groups is 1. The van der Waals surface area contributed by atoms with Gasteiger partial charge in [0.05, 0.1) is 19.6 Å². The third-order valence-electron chi connectivity index (χ3n) is 8.67. The molecule has 194 valence electrons. The second-order valence-electron chi connectivity index (χ2n) is 10.7. The van der Waals surface area contributed by atoms with Crippen LogP contribution < -0.4 is 14.2 Å². The summed E-state index contributed by atoms with van der Waals surface area (Å²) < 4.78 is 18.3. The van der Waals surface area contributed by atoms with Crippen LogP contribution in [0.1, 0.15) is 34.7 Å². The predicted molar refractivity (Wildman–Crippen MR) is 154 cm³/mol. The molecule has 2 aliphatic rings. The van der Waals surface area contributed by atoms with E-state index < -0.39 is 11.0 Å². The highest BCUT2D eigenvalue weighted by Gasteiger charge is 2.47. The van der Waals surface area contributed by atoms with E-state index in [-0.39, 0.29) is 0 Å². The molecule has 0 saturated carbocycles. The molecule has 39 heavy (non-hydrogen) atoms. The van der Waals surface area contributed by atoms with Gasteiger partial charge in [-0.1, -0.05) is 84.9 Å². The van der Waals surface area contributed by atoms with Gasteiger partial charge in [0.25, 0.3) is 0 Å². The summed E-state index contributed by atoms with van der Waals surface area (Å²) in [5.41, 5.74) is 5.70. The van der Waals surface area contributed by atoms with Gasteiger partial charge >= 0.3 is 0 Å². The van der Waals surface area contributed by atoms with Crippen LogP contribution in [-0.2, 0) is 17.4 Å². The van der Waals surface area contributed by atoms with Gasteiger partial charge in [0, 0.05) is 16.5 Å². The lowest BCUT2D eigenvalue weighted by Gasteiger charge is -2.41. The van der Waals surface area contributed by atoms with Gasteiger partial charge in [-0.2, -0.15) is 0 Å². The lowest BCUT2D eigenvalue weighted by atomic mass is 9.68. The maximum absolute atomic E-state index is 12.2. The number of ether oxygens (including phenoxy) is 3. The Bertz CT molecular complexity index is 1680. The number of benzene rings is 5. The molecule has 1 aliphatic heterocycles. The molecule has 0 amide bonds. The molecule has 0 saturated heterocycles. The molecular formula is C35H30O4. The third kappa shape index (κ3) is 3.28. The van der Waals surface area contributed by atoms with Crippen molar-refractivity contribution in [1.82, 2.24) is 0 Å². The standard InChI is InChI=1S/C35H30O4/c1-34(36)28-17-11-10-16-24(28)31-25-18-29(37-2)30(38-3)19-26(25)33-27(32(31)34)20-35(21-39-33,22-12-6-4-7-13-22)23-14-8-5-9-15-23/h4-19,36H,20-21H2,1-3H3. The average molecular weight is 515 g/mol. The first-order valence-corrected chi connectivity index (χ1v) is 13.3. The molecule has 1 aliphatic carbocycles. The fourth-order valence-electron chi connectivity index (χ4n) is 6.85. The van der Waals surface area contributed by atoms with Gasteiger partial charge < -0.3 is 19.3 Å². The molecule has 1 unspecified atom stereocenters. The predicted octanol–water partition coefficient (Wildman–Crippen LogP) is 7.01. The van der Waals surface area contributed by atoms with Crippen LogP contribution in [0.15, 0.2) is 97.1 Å². The molecule has 4 heteroatoms. The second kappa shape index (κ2) is 8.62. The molecule has 0 bridgehead atoms. The van der Waals surface area contributed by atoms with E-state index in [1.807, 2.05) is 49.4 Å². The van der Waals surface area contributed by atoms with Crippen LogP contribution in [0.3, 0.4) is 0 Å². The fourth-order valence-corrected chi connectivity index (χ4v) is 6.85. The molecule has 5 aromatic rings. The Kier molecular flexibility index (Phi) is 5.26. The summed E-state index contributed by atoms with van der Waals surface area (Å²) >= 11 is 0. The van der Waals surface area contributed by atoms with Crippen LogP contribution >= 0.6 is 0 Å². The molecule has 1 heterocycles. The van der Waals surface area contributed by atoms with Crippen molar-refractivity contribution in [2.45, 2.75) is 24.4 Å². The highest BCUT2D eigenvalue weighted by molar-refractivity contribution is 6.07. The summed E-state index contributed by atoms with van der Waals surface area (Å²) in [5, 5.41) is 14.2. The molecule has 1 N–H and O–H groups in total. The van der Waals surface area contributed by atoms with Crippen molar-refractivity contribution in [1.29, 1.82) is 0 Å². The van der Waals surface area contributed by atoms with Gasteiger partial charge in [-0.25, -0.2) is 0 Å². The van der Waals surface area contributed by atoms with E-state index in [1.54, 1.807) is 14.2 Å². The SMILES string of the molecule is COc1cc2c3c(c4c(c2cc1OC)-c1ccccc1C4(C)O)CC(c1ccccc1)(c1ccccc1)CO3. The minimum absolute atomic E-state index is 0.418. The van der Waals surface area contributed by atoms with Crippen LogP contribution in [0.25, 0.3) is 21.9 Å². The van der Waals surface area contributed by atoms with E-state index in [9.17, 15) is 5.11 Å². The van der Waals surface area contributed by atoms with Crippen molar-refractivity contribution >= 4 is 10.8 Å². The zero-order valence-electron chi connectivity index (χ0n) is 22.3. The van der Waals surface area contributed by atoms with Crippen LogP contribution in [0, 0.1) is 0 Å². The van der Waals surface area contributed by atoms with Gasteiger partial charge in [0.2, 0.25) is 0 Å². The van der Waals surface area contributed by atoms with E-state index in [0.717, 1.165) is 44.3 Å². The zero-order valence-corrected chi connectivity index (χ0v) is 22.3. The minimum atomic E-state index is -1.18. The number of fused-ring (bicyclic) bond motifs is 8. The Labute approximate surface area is 228 Å². The minimum Gasteiger partial charge on any atom is -0.493 e. The van der Waals surface area contributed by atoms with E-state index in [0.29, 0.717) is 24.5 Å². The highest BCUT2D eigenvalue weighted by Crippen LogP contribution is 2.58. The Hall–Kier alpha value is -4.28. The maximum Gasteiger partial charge on any atom is 0.161 e. The van der Waals surface area contributed by atoms with E-state index in [4.69, 9.17) is 14.2 Å². The number of methoxy groups -OCH3 is 2. The Morgan fingerprint density at radius 1 is 0.744 bits per heavy atom. The van der Waals surface area contributed by atoms with E-state index >= 15 is 0 Å². The van der Waals surface area contributed by atoms with Crippen molar-refractivity contribution in [2.75, 3.05) is 20.8 Å². The molecule has 5 aromatic carbocycles. The molecule has 4 nitrogen and oxygen atoms in total. The summed E-state index contributed by atoms with van der Waals surface area (Å²) in [6, 6.07) is 33.4. The average Bonchev–Trinajstić information content (AvgIpc) is 3.24. The summed E-state index contributed by atoms with van der Waals surface area (Å²) in [6.45, 7) is 2.39. The smallest absolute Gasteiger partial charge is 0.161 e. The molecule has 0 aromatic heterocycles. The summed E-state index contributed by atoms with van der Waals surface area (Å²) in [5.74, 6) is 2.10. The largest absolute Gasteiger partial charge is 0.493 e. The number of hydrogen-bond acceptors (Lipinski definition) is 4. The Morgan fingerprint density at radius 2 is 1.31 bits per heavy atom. The molecule has 7 rings (SSSR count). The van der Waals surface area contributed by atoms with Crippen LogP contribution in [0.5, 0.6) is 17.2 Å². The van der Waals surface area contributed by atoms with Crippen LogP contribution in [-0.4, -0.2) is 25.9 Å². The van der Waals surface area contributed by atoms with Crippen molar-refractivity contribution in [3.63, 3.8) is 0 Å². The van der Waals surface area contributed by atoms with Crippen molar-refractivity contribution in [3.05, 3.63) is 125 Å². The summed E-state index contributed by atoms with van der Waals surface area (Å²) in [6.07, 6.45) is 0.688. The zero-order chi connectivity index (χ0) is 26.8. The second-order valence-corrected chi connectivity index (χ2v) is 10.7. The molecular weight excluding hydrogens is 484 g/mol. The summed E-state index contributed by atoms with van der Waals surface area (Å²) in [4.78, 5) is 0. The first kappa shape index (κ1) is 23.8. The van der Waals surface area contributed by atoms with Gasteiger partial charge in [-0.15, -0.1) is 0 Å². The first-order valence-electron chi connectivity index (χ1n) is 13.3.